The largest absolute Gasteiger partial charge is 0.493 e. The Kier molecular flexibility index (Phi) is 5.66. The number of aryl methyl sites for hydroxylation is 1. The Morgan fingerprint density at radius 2 is 1.90 bits per heavy atom. The van der Waals surface area contributed by atoms with Crippen LogP contribution in [-0.4, -0.2) is 31.3 Å². The van der Waals surface area contributed by atoms with Crippen molar-refractivity contribution < 1.29 is 18.6 Å². The van der Waals surface area contributed by atoms with Gasteiger partial charge in [-0.1, -0.05) is 0 Å². The first-order chi connectivity index (χ1) is 15.0. The van der Waals surface area contributed by atoms with Crippen molar-refractivity contribution in [3.05, 3.63) is 83.0 Å². The van der Waals surface area contributed by atoms with Crippen LogP contribution in [0.25, 0.3) is 16.6 Å². The van der Waals surface area contributed by atoms with Gasteiger partial charge in [0.15, 0.2) is 11.5 Å². The first-order valence-corrected chi connectivity index (χ1v) is 9.82. The van der Waals surface area contributed by atoms with Gasteiger partial charge in [0.2, 0.25) is 5.76 Å². The van der Waals surface area contributed by atoms with E-state index in [2.05, 4.69) is 15.3 Å². The second-order valence-corrected chi connectivity index (χ2v) is 7.14. The second kappa shape index (κ2) is 8.55. The van der Waals surface area contributed by atoms with Crippen LogP contribution in [0.4, 0.5) is 15.8 Å². The number of H-pyrrole nitrogens is 1. The van der Waals surface area contributed by atoms with Crippen LogP contribution in [0.3, 0.4) is 0 Å². The lowest BCUT2D eigenvalue weighted by atomic mass is 10.1. The van der Waals surface area contributed by atoms with Gasteiger partial charge >= 0.3 is 0 Å². The molecule has 1 aliphatic rings. The molecule has 0 saturated carbocycles. The van der Waals surface area contributed by atoms with E-state index in [0.717, 1.165) is 33.7 Å². The SMILES string of the molecule is COC1=CCC(c2cc3c(Nc4ccc(F)c(C)c4)ccnc3[nH]2)=CC(OC)=C1OC. The predicted molar refractivity (Wildman–Crippen MR) is 119 cm³/mol. The molecule has 6 nitrogen and oxygen atoms in total. The summed E-state index contributed by atoms with van der Waals surface area (Å²) in [5.74, 6) is 1.52. The normalized spacial score (nSPS) is 14.1. The molecule has 31 heavy (non-hydrogen) atoms. The van der Waals surface area contributed by atoms with Crippen LogP contribution in [0.5, 0.6) is 0 Å². The zero-order valence-electron chi connectivity index (χ0n) is 17.9. The number of aromatic amines is 1. The minimum atomic E-state index is -0.226. The quantitative estimate of drug-likeness (QED) is 0.544. The number of methoxy groups -OCH3 is 3. The number of nitrogens with one attached hydrogen (secondary N) is 2. The van der Waals surface area contributed by atoms with Gasteiger partial charge in [0.05, 0.1) is 27.0 Å². The lowest BCUT2D eigenvalue weighted by Gasteiger charge is -2.11. The van der Waals surface area contributed by atoms with Gasteiger partial charge < -0.3 is 24.5 Å². The summed E-state index contributed by atoms with van der Waals surface area (Å²) in [5, 5.41) is 4.29. The van der Waals surface area contributed by atoms with Crippen LogP contribution in [0.1, 0.15) is 17.7 Å². The van der Waals surface area contributed by atoms with Crippen molar-refractivity contribution >= 4 is 28.0 Å². The fourth-order valence-corrected chi connectivity index (χ4v) is 3.60. The molecule has 0 fully saturated rings. The Bertz CT molecular complexity index is 1220. The molecule has 2 aromatic heterocycles. The molecule has 1 aromatic carbocycles. The summed E-state index contributed by atoms with van der Waals surface area (Å²) in [7, 11) is 4.79. The van der Waals surface area contributed by atoms with E-state index in [4.69, 9.17) is 14.2 Å². The lowest BCUT2D eigenvalue weighted by molar-refractivity contribution is 0.191. The van der Waals surface area contributed by atoms with Gasteiger partial charge in [-0.15, -0.1) is 0 Å². The number of rotatable bonds is 6. The second-order valence-electron chi connectivity index (χ2n) is 7.14. The van der Waals surface area contributed by atoms with Crippen LogP contribution < -0.4 is 5.32 Å². The van der Waals surface area contributed by atoms with Gasteiger partial charge in [0.1, 0.15) is 11.5 Å². The summed E-state index contributed by atoms with van der Waals surface area (Å²) in [6, 6.07) is 8.89. The van der Waals surface area contributed by atoms with E-state index in [1.807, 2.05) is 24.3 Å². The number of allylic oxidation sites excluding steroid dienone is 3. The maximum Gasteiger partial charge on any atom is 0.202 e. The zero-order valence-corrected chi connectivity index (χ0v) is 17.9. The van der Waals surface area contributed by atoms with Gasteiger partial charge in [0.25, 0.3) is 0 Å². The van der Waals surface area contributed by atoms with E-state index in [1.165, 1.54) is 6.07 Å². The monoisotopic (exact) mass is 421 g/mol. The van der Waals surface area contributed by atoms with E-state index in [0.29, 0.717) is 29.3 Å². The van der Waals surface area contributed by atoms with Crippen molar-refractivity contribution in [3.63, 3.8) is 0 Å². The molecule has 0 atom stereocenters. The van der Waals surface area contributed by atoms with E-state index in [9.17, 15) is 4.39 Å². The topological polar surface area (TPSA) is 68.4 Å². The third-order valence-electron chi connectivity index (χ3n) is 5.22. The maximum absolute atomic E-state index is 13.6. The number of hydrogen-bond donors (Lipinski definition) is 2. The molecular weight excluding hydrogens is 397 g/mol. The van der Waals surface area contributed by atoms with E-state index in [-0.39, 0.29) is 5.82 Å². The van der Waals surface area contributed by atoms with Crippen molar-refractivity contribution in [2.75, 3.05) is 26.6 Å². The Labute approximate surface area is 180 Å². The van der Waals surface area contributed by atoms with Crippen molar-refractivity contribution in [2.24, 2.45) is 0 Å². The van der Waals surface area contributed by atoms with Crippen LogP contribution in [0.15, 0.2) is 66.0 Å². The van der Waals surface area contributed by atoms with Gasteiger partial charge in [-0.3, -0.25) is 0 Å². The number of benzene rings is 1. The number of aromatic nitrogens is 2. The minimum absolute atomic E-state index is 0.226. The molecule has 2 N–H and O–H groups in total. The molecule has 0 aliphatic heterocycles. The fourth-order valence-electron chi connectivity index (χ4n) is 3.60. The fraction of sp³-hybridized carbons (Fsp3) is 0.208. The first-order valence-electron chi connectivity index (χ1n) is 9.82. The van der Waals surface area contributed by atoms with Gasteiger partial charge in [-0.25, -0.2) is 9.37 Å². The molecule has 4 rings (SSSR count). The molecule has 160 valence electrons. The third kappa shape index (κ3) is 3.99. The molecule has 0 unspecified atom stereocenters. The van der Waals surface area contributed by atoms with Crippen molar-refractivity contribution in [2.45, 2.75) is 13.3 Å². The molecule has 0 bridgehead atoms. The van der Waals surface area contributed by atoms with Gasteiger partial charge in [-0.05, 0) is 67.0 Å². The highest BCUT2D eigenvalue weighted by Crippen LogP contribution is 2.33. The van der Waals surface area contributed by atoms with Crippen molar-refractivity contribution in [3.8, 4) is 0 Å². The number of pyridine rings is 1. The smallest absolute Gasteiger partial charge is 0.202 e. The number of ether oxygens (including phenoxy) is 3. The van der Waals surface area contributed by atoms with Gasteiger partial charge in [0, 0.05) is 23.0 Å². The summed E-state index contributed by atoms with van der Waals surface area (Å²) in [6.45, 7) is 1.74. The average Bonchev–Trinajstić information content (AvgIpc) is 3.12. The Morgan fingerprint density at radius 3 is 2.61 bits per heavy atom. The average molecular weight is 421 g/mol. The van der Waals surface area contributed by atoms with Crippen LogP contribution in [-0.2, 0) is 14.2 Å². The first kappa shape index (κ1) is 20.5. The molecular formula is C24H24FN3O3. The standard InChI is InChI=1S/C24H24FN3O3/c1-14-11-16(6-7-18(14)25)27-19-9-10-26-24-17(19)13-20(28-24)15-5-8-21(29-2)23(31-4)22(12-15)30-3/h6-13H,5H2,1-4H3,(H2,26,27,28). The Morgan fingerprint density at radius 1 is 1.06 bits per heavy atom. The molecule has 0 amide bonds. The number of halogens is 1. The third-order valence-corrected chi connectivity index (χ3v) is 5.22. The number of fused-ring (bicyclic) bond motifs is 1. The molecule has 0 spiro atoms. The van der Waals surface area contributed by atoms with Crippen molar-refractivity contribution in [1.82, 2.24) is 9.97 Å². The van der Waals surface area contributed by atoms with E-state index >= 15 is 0 Å². The van der Waals surface area contributed by atoms with Crippen molar-refractivity contribution in [1.29, 1.82) is 0 Å². The van der Waals surface area contributed by atoms with E-state index in [1.54, 1.807) is 46.6 Å². The number of anilines is 2. The number of hydrogen-bond acceptors (Lipinski definition) is 5. The Hall–Kier alpha value is -3.74. The highest BCUT2D eigenvalue weighted by molar-refractivity contribution is 5.94. The lowest BCUT2D eigenvalue weighted by Crippen LogP contribution is -1.99. The summed E-state index contributed by atoms with van der Waals surface area (Å²) >= 11 is 0. The Balaban J connectivity index is 1.74. The summed E-state index contributed by atoms with van der Waals surface area (Å²) in [5.41, 5.74) is 4.92. The molecule has 2 heterocycles. The van der Waals surface area contributed by atoms with Gasteiger partial charge in [-0.2, -0.15) is 0 Å². The summed E-state index contributed by atoms with van der Waals surface area (Å²) in [4.78, 5) is 7.85. The zero-order chi connectivity index (χ0) is 22.0. The predicted octanol–water partition coefficient (Wildman–Crippen LogP) is 5.58. The highest BCUT2D eigenvalue weighted by Gasteiger charge is 2.19. The highest BCUT2D eigenvalue weighted by atomic mass is 19.1. The van der Waals surface area contributed by atoms with Crippen LogP contribution in [0, 0.1) is 12.7 Å². The molecule has 0 saturated heterocycles. The summed E-state index contributed by atoms with van der Waals surface area (Å²) in [6.07, 6.45) is 6.24. The van der Waals surface area contributed by atoms with Crippen LogP contribution in [0.2, 0.25) is 0 Å². The molecule has 7 heteroatoms. The maximum atomic E-state index is 13.6. The molecule has 0 radical (unpaired) electrons. The molecule has 1 aliphatic carbocycles. The molecule has 3 aromatic rings. The minimum Gasteiger partial charge on any atom is -0.493 e. The number of nitrogens with zero attached hydrogens (tertiary/aromatic N) is 1. The summed E-state index contributed by atoms with van der Waals surface area (Å²) < 4.78 is 30.1. The van der Waals surface area contributed by atoms with E-state index < -0.39 is 0 Å². The van der Waals surface area contributed by atoms with Crippen LogP contribution >= 0.6 is 0 Å².